The molecule has 5 rings (SSSR count). The SMILES string of the molecule is COc1ccc(CO[C@H](CO)[C@@]23[C@H]4CCN5CCCCCCCCCC[C@](CO)(C[C@H]4CN2CCC/C=C\C/C=C\I)[C@H]53)cc1. The lowest BCUT2D eigenvalue weighted by atomic mass is 9.50. The molecule has 1 aromatic rings. The van der Waals surface area contributed by atoms with Gasteiger partial charge in [0.1, 0.15) is 11.9 Å². The number of likely N-dealkylation sites (tertiary alicyclic amines) is 1. The van der Waals surface area contributed by atoms with Crippen molar-refractivity contribution < 1.29 is 19.7 Å². The highest BCUT2D eigenvalue weighted by molar-refractivity contribution is 14.1. The summed E-state index contributed by atoms with van der Waals surface area (Å²) in [5.74, 6) is 1.86. The molecule has 1 aromatic carbocycles. The van der Waals surface area contributed by atoms with E-state index in [4.69, 9.17) is 9.47 Å². The van der Waals surface area contributed by atoms with Crippen LogP contribution in [0.1, 0.15) is 95.5 Å². The summed E-state index contributed by atoms with van der Waals surface area (Å²) in [5, 5.41) is 22.8. The third kappa shape index (κ3) is 7.86. The fraction of sp³-hybridized carbons (Fsp3) is 0.737. The zero-order valence-corrected chi connectivity index (χ0v) is 29.9. The molecule has 3 heterocycles. The van der Waals surface area contributed by atoms with Crippen molar-refractivity contribution in [2.24, 2.45) is 17.3 Å². The summed E-state index contributed by atoms with van der Waals surface area (Å²) in [6, 6.07) is 8.32. The van der Waals surface area contributed by atoms with E-state index in [0.717, 1.165) is 76.0 Å². The maximum Gasteiger partial charge on any atom is 0.118 e. The molecule has 3 aliphatic heterocycles. The summed E-state index contributed by atoms with van der Waals surface area (Å²) in [4.78, 5) is 5.57. The summed E-state index contributed by atoms with van der Waals surface area (Å²) in [5.41, 5.74) is 0.633. The Morgan fingerprint density at radius 1 is 0.978 bits per heavy atom. The highest BCUT2D eigenvalue weighted by Gasteiger charge is 2.72. The van der Waals surface area contributed by atoms with Gasteiger partial charge in [-0.25, -0.2) is 0 Å². The van der Waals surface area contributed by atoms with Gasteiger partial charge in [0.15, 0.2) is 0 Å². The van der Waals surface area contributed by atoms with Crippen LogP contribution < -0.4 is 4.74 Å². The topological polar surface area (TPSA) is 65.4 Å². The Kier molecular flexibility index (Phi) is 13.7. The van der Waals surface area contributed by atoms with Crippen molar-refractivity contribution in [3.63, 3.8) is 0 Å². The van der Waals surface area contributed by atoms with Gasteiger partial charge < -0.3 is 19.7 Å². The van der Waals surface area contributed by atoms with E-state index >= 15 is 0 Å². The summed E-state index contributed by atoms with van der Waals surface area (Å²) >= 11 is 2.28. The minimum atomic E-state index is -0.311. The van der Waals surface area contributed by atoms with Gasteiger partial charge in [0, 0.05) is 18.0 Å². The number of nitrogens with zero attached hydrogens (tertiary/aromatic N) is 2. The van der Waals surface area contributed by atoms with E-state index in [1.807, 2.05) is 12.1 Å². The molecule has 0 amide bonds. The van der Waals surface area contributed by atoms with Crippen molar-refractivity contribution in [1.29, 1.82) is 0 Å². The molecular formula is C38H59IN2O4. The standard InChI is InChI=1S/C38H59IN2O4/c1-44-33-18-16-31(17-19-33)29-45-35(28-42)38-34-20-25-40-23-14-10-6-3-2-4-8-12-21-37(30-43,36(38)40)26-32(34)27-41(38)24-15-11-7-5-9-13-22-39/h5,7,13,16-19,22,32,34-36,42-43H,2-4,6,8-12,14-15,20-21,23-30H2,1H3/b7-5-,22-13-/t32-,34-,35+,36-,37+,38+/m0/s1. The van der Waals surface area contributed by atoms with E-state index in [2.05, 4.69) is 66.8 Å². The zero-order valence-electron chi connectivity index (χ0n) is 27.8. The molecule has 252 valence electrons. The number of allylic oxidation sites excluding steroid dienone is 3. The molecule has 6 nitrogen and oxygen atoms in total. The number of hydrogen-bond donors (Lipinski definition) is 2. The number of aliphatic hydroxyl groups is 2. The van der Waals surface area contributed by atoms with Crippen LogP contribution in [0, 0.1) is 17.3 Å². The normalized spacial score (nSPS) is 32.3. The minimum Gasteiger partial charge on any atom is -0.497 e. The number of methoxy groups -OCH3 is 1. The number of hydrogen-bond acceptors (Lipinski definition) is 6. The first kappa shape index (κ1) is 35.3. The van der Waals surface area contributed by atoms with Crippen molar-refractivity contribution in [2.45, 2.75) is 114 Å². The number of rotatable bonds is 13. The first-order chi connectivity index (χ1) is 22.1. The predicted octanol–water partition coefficient (Wildman–Crippen LogP) is 7.52. The first-order valence-electron chi connectivity index (χ1n) is 18.0. The lowest BCUT2D eigenvalue weighted by Gasteiger charge is -2.66. The largest absolute Gasteiger partial charge is 0.497 e. The van der Waals surface area contributed by atoms with Gasteiger partial charge in [-0.1, -0.05) is 97.9 Å². The van der Waals surface area contributed by atoms with Gasteiger partial charge in [-0.3, -0.25) is 9.80 Å². The second-order valence-electron chi connectivity index (χ2n) is 14.3. The number of piperidine rings is 1. The van der Waals surface area contributed by atoms with Crippen molar-refractivity contribution in [1.82, 2.24) is 9.80 Å². The lowest BCUT2D eigenvalue weighted by Crippen LogP contribution is -2.78. The number of aliphatic hydroxyl groups excluding tert-OH is 2. The van der Waals surface area contributed by atoms with Crippen molar-refractivity contribution >= 4 is 22.6 Å². The van der Waals surface area contributed by atoms with E-state index < -0.39 is 0 Å². The van der Waals surface area contributed by atoms with Crippen LogP contribution in [-0.4, -0.2) is 84.2 Å². The van der Waals surface area contributed by atoms with E-state index in [9.17, 15) is 10.2 Å². The minimum absolute atomic E-state index is 0.00423. The molecular weight excluding hydrogens is 675 g/mol. The van der Waals surface area contributed by atoms with Crippen LogP contribution in [0.25, 0.3) is 0 Å². The molecule has 0 aromatic heterocycles. The van der Waals surface area contributed by atoms with Gasteiger partial charge in [0.2, 0.25) is 0 Å². The van der Waals surface area contributed by atoms with E-state index in [0.29, 0.717) is 18.4 Å². The maximum absolute atomic E-state index is 11.5. The van der Waals surface area contributed by atoms with Crippen molar-refractivity contribution in [3.05, 3.63) is 52.1 Å². The summed E-state index contributed by atoms with van der Waals surface area (Å²) in [7, 11) is 1.70. The lowest BCUT2D eigenvalue weighted by molar-refractivity contribution is -0.207. The van der Waals surface area contributed by atoms with Crippen LogP contribution in [0.4, 0.5) is 0 Å². The predicted molar refractivity (Wildman–Crippen MR) is 192 cm³/mol. The Morgan fingerprint density at radius 3 is 2.44 bits per heavy atom. The molecule has 7 heteroatoms. The van der Waals surface area contributed by atoms with Gasteiger partial charge in [0.25, 0.3) is 0 Å². The van der Waals surface area contributed by atoms with Gasteiger partial charge in [-0.2, -0.15) is 0 Å². The molecule has 4 fully saturated rings. The number of benzene rings is 1. The Hall–Kier alpha value is -0.970. The van der Waals surface area contributed by atoms with Crippen LogP contribution in [-0.2, 0) is 11.3 Å². The molecule has 1 aliphatic carbocycles. The quantitative estimate of drug-likeness (QED) is 0.124. The summed E-state index contributed by atoms with van der Waals surface area (Å²) in [6.45, 7) is 4.96. The van der Waals surface area contributed by atoms with E-state index in [-0.39, 0.29) is 36.3 Å². The van der Waals surface area contributed by atoms with Gasteiger partial charge in [-0.05, 0) is 98.2 Å². The molecule has 0 spiro atoms. The maximum atomic E-state index is 11.5. The van der Waals surface area contributed by atoms with Crippen molar-refractivity contribution in [3.8, 4) is 5.75 Å². The Labute approximate surface area is 286 Å². The average molecular weight is 735 g/mol. The number of halogens is 1. The average Bonchev–Trinajstić information content (AvgIpc) is 3.31. The van der Waals surface area contributed by atoms with Gasteiger partial charge in [-0.15, -0.1) is 0 Å². The third-order valence-electron chi connectivity index (χ3n) is 11.7. The zero-order chi connectivity index (χ0) is 31.5. The van der Waals surface area contributed by atoms with Gasteiger partial charge >= 0.3 is 0 Å². The summed E-state index contributed by atoms with van der Waals surface area (Å²) < 4.78 is 14.4. The second-order valence-corrected chi connectivity index (χ2v) is 15.0. The van der Waals surface area contributed by atoms with Crippen LogP contribution in [0.2, 0.25) is 0 Å². The molecule has 0 unspecified atom stereocenters. The Morgan fingerprint density at radius 2 is 1.73 bits per heavy atom. The summed E-state index contributed by atoms with van der Waals surface area (Å²) in [6.07, 6.45) is 23.3. The molecule has 3 saturated heterocycles. The number of unbranched alkanes of at least 4 members (excludes halogenated alkanes) is 1. The van der Waals surface area contributed by atoms with Crippen LogP contribution in [0.15, 0.2) is 46.6 Å². The van der Waals surface area contributed by atoms with Crippen LogP contribution in [0.5, 0.6) is 5.75 Å². The Balaban J connectivity index is 1.50. The molecule has 6 atom stereocenters. The van der Waals surface area contributed by atoms with Crippen LogP contribution in [0.3, 0.4) is 0 Å². The smallest absolute Gasteiger partial charge is 0.118 e. The number of ether oxygens (including phenoxy) is 2. The molecule has 1 saturated carbocycles. The van der Waals surface area contributed by atoms with E-state index in [1.165, 1.54) is 51.4 Å². The molecule has 0 radical (unpaired) electrons. The molecule has 2 N–H and O–H groups in total. The fourth-order valence-corrected chi connectivity index (χ4v) is 10.2. The highest BCUT2D eigenvalue weighted by atomic mass is 127. The molecule has 45 heavy (non-hydrogen) atoms. The third-order valence-corrected chi connectivity index (χ3v) is 12.3. The Bertz CT molecular complexity index is 1080. The second kappa shape index (κ2) is 17.4. The van der Waals surface area contributed by atoms with Crippen molar-refractivity contribution in [2.75, 3.05) is 46.5 Å². The monoisotopic (exact) mass is 734 g/mol. The van der Waals surface area contributed by atoms with Gasteiger partial charge in [0.05, 0.1) is 32.5 Å². The first-order valence-corrected chi connectivity index (χ1v) is 19.2. The molecule has 4 bridgehead atoms. The highest BCUT2D eigenvalue weighted by Crippen LogP contribution is 2.63. The fourth-order valence-electron chi connectivity index (χ4n) is 9.93. The molecule has 4 aliphatic rings. The van der Waals surface area contributed by atoms with Crippen LogP contribution >= 0.6 is 22.6 Å². The van der Waals surface area contributed by atoms with E-state index in [1.54, 1.807) is 7.11 Å².